The third-order valence-electron chi connectivity index (χ3n) is 1.77. The summed E-state index contributed by atoms with van der Waals surface area (Å²) in [5.74, 6) is 0. The summed E-state index contributed by atoms with van der Waals surface area (Å²) >= 11 is 1.69. The molecule has 0 amide bonds. The molecular weight excluding hydrogens is 170 g/mol. The lowest BCUT2D eigenvalue weighted by Gasteiger charge is -2.21. The summed E-state index contributed by atoms with van der Waals surface area (Å²) in [5, 5.41) is 12.6. The van der Waals surface area contributed by atoms with E-state index in [0.717, 1.165) is 12.1 Å². The lowest BCUT2D eigenvalue weighted by molar-refractivity contribution is 0.277. The fraction of sp³-hybridized carbons (Fsp3) is 0.778. The Balaban J connectivity index is 3.68. The minimum absolute atomic E-state index is 0.228. The fourth-order valence-corrected chi connectivity index (χ4v) is 1.56. The van der Waals surface area contributed by atoms with E-state index in [2.05, 4.69) is 18.8 Å². The molecule has 2 nitrogen and oxygen atoms in total. The molecule has 0 rings (SSSR count). The molecule has 2 N–H and O–H groups in total. The minimum atomic E-state index is 0.228. The molecule has 3 heteroatoms. The molecule has 2 atom stereocenters. The van der Waals surface area contributed by atoms with Crippen LogP contribution in [0, 0.1) is 0 Å². The van der Waals surface area contributed by atoms with Crippen molar-refractivity contribution in [3.8, 4) is 0 Å². The van der Waals surface area contributed by atoms with E-state index in [9.17, 15) is 0 Å². The van der Waals surface area contributed by atoms with E-state index in [1.54, 1.807) is 11.8 Å². The Bertz CT molecular complexity index is 134. The van der Waals surface area contributed by atoms with Crippen molar-refractivity contribution in [3.63, 3.8) is 0 Å². The number of hydrogen-bond donors (Lipinski definition) is 2. The zero-order valence-electron chi connectivity index (χ0n) is 8.13. The molecule has 12 heavy (non-hydrogen) atoms. The van der Waals surface area contributed by atoms with Gasteiger partial charge in [0, 0.05) is 17.8 Å². The van der Waals surface area contributed by atoms with Crippen LogP contribution >= 0.6 is 11.8 Å². The SMILES string of the molecule is C=C(C)CNC(C)C(CO)SC. The van der Waals surface area contributed by atoms with Gasteiger partial charge in [0.2, 0.25) is 0 Å². The van der Waals surface area contributed by atoms with Crippen molar-refractivity contribution in [2.75, 3.05) is 19.4 Å². The smallest absolute Gasteiger partial charge is 0.0564 e. The van der Waals surface area contributed by atoms with E-state index in [1.165, 1.54) is 0 Å². The number of hydrogen-bond acceptors (Lipinski definition) is 3. The first-order chi connectivity index (χ1) is 5.61. The van der Waals surface area contributed by atoms with E-state index in [0.29, 0.717) is 6.04 Å². The molecule has 2 unspecified atom stereocenters. The summed E-state index contributed by atoms with van der Waals surface area (Å²) in [6.45, 7) is 8.94. The van der Waals surface area contributed by atoms with Crippen LogP contribution in [-0.2, 0) is 0 Å². The predicted octanol–water partition coefficient (Wildman–Crippen LogP) is 1.26. The number of aliphatic hydroxyl groups excluding tert-OH is 1. The van der Waals surface area contributed by atoms with Gasteiger partial charge in [-0.15, -0.1) is 0 Å². The second kappa shape index (κ2) is 6.52. The zero-order chi connectivity index (χ0) is 9.56. The van der Waals surface area contributed by atoms with E-state index in [-0.39, 0.29) is 11.9 Å². The Morgan fingerprint density at radius 1 is 1.67 bits per heavy atom. The molecule has 0 spiro atoms. The fourth-order valence-electron chi connectivity index (χ4n) is 0.903. The third kappa shape index (κ3) is 4.80. The molecule has 0 aliphatic carbocycles. The van der Waals surface area contributed by atoms with Gasteiger partial charge in [-0.2, -0.15) is 11.8 Å². The summed E-state index contributed by atoms with van der Waals surface area (Å²) in [5.41, 5.74) is 1.12. The Morgan fingerprint density at radius 2 is 2.25 bits per heavy atom. The molecular formula is C9H19NOS. The summed E-state index contributed by atoms with van der Waals surface area (Å²) < 4.78 is 0. The maximum Gasteiger partial charge on any atom is 0.0564 e. The van der Waals surface area contributed by atoms with Crippen molar-refractivity contribution in [3.05, 3.63) is 12.2 Å². The molecule has 0 fully saturated rings. The van der Waals surface area contributed by atoms with Crippen LogP contribution in [0.3, 0.4) is 0 Å². The highest BCUT2D eigenvalue weighted by Gasteiger charge is 2.13. The van der Waals surface area contributed by atoms with Crippen LogP contribution in [0.4, 0.5) is 0 Å². The van der Waals surface area contributed by atoms with Crippen LogP contribution in [0.25, 0.3) is 0 Å². The Kier molecular flexibility index (Phi) is 6.52. The lowest BCUT2D eigenvalue weighted by Crippen LogP contribution is -2.38. The third-order valence-corrected chi connectivity index (χ3v) is 2.93. The van der Waals surface area contributed by atoms with Gasteiger partial charge in [0.05, 0.1) is 6.61 Å². The van der Waals surface area contributed by atoms with Gasteiger partial charge in [-0.05, 0) is 20.1 Å². The van der Waals surface area contributed by atoms with Gasteiger partial charge >= 0.3 is 0 Å². The van der Waals surface area contributed by atoms with Gasteiger partial charge in [-0.3, -0.25) is 0 Å². The van der Waals surface area contributed by atoms with Gasteiger partial charge in [0.25, 0.3) is 0 Å². The topological polar surface area (TPSA) is 32.3 Å². The predicted molar refractivity (Wildman–Crippen MR) is 56.7 cm³/mol. The van der Waals surface area contributed by atoms with Crippen molar-refractivity contribution in [2.45, 2.75) is 25.1 Å². The quantitative estimate of drug-likeness (QED) is 0.617. The van der Waals surface area contributed by atoms with Crippen molar-refractivity contribution in [1.29, 1.82) is 0 Å². The largest absolute Gasteiger partial charge is 0.395 e. The maximum atomic E-state index is 8.98. The average molecular weight is 189 g/mol. The van der Waals surface area contributed by atoms with E-state index >= 15 is 0 Å². The normalized spacial score (nSPS) is 15.7. The van der Waals surface area contributed by atoms with Gasteiger partial charge in [0.1, 0.15) is 0 Å². The molecule has 0 bridgehead atoms. The summed E-state index contributed by atoms with van der Waals surface area (Å²) in [6, 6.07) is 0.335. The molecule has 0 aliphatic heterocycles. The molecule has 0 saturated heterocycles. The van der Waals surface area contributed by atoms with Crippen LogP contribution in [0.15, 0.2) is 12.2 Å². The molecule has 0 aromatic carbocycles. The molecule has 0 heterocycles. The van der Waals surface area contributed by atoms with Crippen molar-refractivity contribution in [2.24, 2.45) is 0 Å². The maximum absolute atomic E-state index is 8.98. The summed E-state index contributed by atoms with van der Waals surface area (Å²) in [7, 11) is 0. The number of rotatable bonds is 6. The second-order valence-corrected chi connectivity index (χ2v) is 4.16. The standard InChI is InChI=1S/C9H19NOS/c1-7(2)5-10-8(3)9(6-11)12-4/h8-11H,1,5-6H2,2-4H3. The molecule has 0 aromatic heterocycles. The van der Waals surface area contributed by atoms with E-state index in [1.807, 2.05) is 13.2 Å². The number of nitrogens with one attached hydrogen (secondary N) is 1. The summed E-state index contributed by atoms with van der Waals surface area (Å²) in [4.78, 5) is 0. The van der Waals surface area contributed by atoms with Crippen molar-refractivity contribution < 1.29 is 5.11 Å². The highest BCUT2D eigenvalue weighted by Crippen LogP contribution is 2.09. The van der Waals surface area contributed by atoms with E-state index in [4.69, 9.17) is 5.11 Å². The molecule has 72 valence electrons. The Hall–Kier alpha value is 0.0100. The monoisotopic (exact) mass is 189 g/mol. The molecule has 0 saturated carbocycles. The minimum Gasteiger partial charge on any atom is -0.395 e. The Labute approximate surface area is 79.4 Å². The zero-order valence-corrected chi connectivity index (χ0v) is 8.95. The van der Waals surface area contributed by atoms with Gasteiger partial charge in [0.15, 0.2) is 0 Å². The first kappa shape index (κ1) is 12.0. The van der Waals surface area contributed by atoms with Crippen LogP contribution in [0.1, 0.15) is 13.8 Å². The van der Waals surface area contributed by atoms with Gasteiger partial charge in [-0.1, -0.05) is 12.2 Å². The van der Waals surface area contributed by atoms with Crippen LogP contribution in [0.5, 0.6) is 0 Å². The number of thioether (sulfide) groups is 1. The molecule has 0 radical (unpaired) electrons. The number of aliphatic hydroxyl groups is 1. The van der Waals surface area contributed by atoms with Crippen molar-refractivity contribution >= 4 is 11.8 Å². The second-order valence-electron chi connectivity index (χ2n) is 3.08. The first-order valence-corrected chi connectivity index (χ1v) is 5.42. The van der Waals surface area contributed by atoms with Crippen LogP contribution in [-0.4, -0.2) is 35.8 Å². The average Bonchev–Trinajstić information content (AvgIpc) is 2.03. The Morgan fingerprint density at radius 3 is 2.58 bits per heavy atom. The van der Waals surface area contributed by atoms with Crippen LogP contribution in [0.2, 0.25) is 0 Å². The van der Waals surface area contributed by atoms with Crippen molar-refractivity contribution in [1.82, 2.24) is 5.32 Å². The van der Waals surface area contributed by atoms with Crippen LogP contribution < -0.4 is 5.32 Å². The van der Waals surface area contributed by atoms with Gasteiger partial charge in [-0.25, -0.2) is 0 Å². The van der Waals surface area contributed by atoms with Gasteiger partial charge < -0.3 is 10.4 Å². The van der Waals surface area contributed by atoms with E-state index < -0.39 is 0 Å². The molecule has 0 aliphatic rings. The lowest BCUT2D eigenvalue weighted by atomic mass is 10.2. The summed E-state index contributed by atoms with van der Waals surface area (Å²) in [6.07, 6.45) is 2.01. The first-order valence-electron chi connectivity index (χ1n) is 4.13. The highest BCUT2D eigenvalue weighted by atomic mass is 32.2. The molecule has 0 aromatic rings. The highest BCUT2D eigenvalue weighted by molar-refractivity contribution is 7.99.